The molecule has 1 saturated carbocycles. The van der Waals surface area contributed by atoms with Crippen LogP contribution in [-0.2, 0) is 0 Å². The van der Waals surface area contributed by atoms with Gasteiger partial charge in [0.25, 0.3) is 0 Å². The maximum absolute atomic E-state index is 12.3. The normalized spacial score (nSPS) is 15.8. The molecule has 0 unspecified atom stereocenters. The summed E-state index contributed by atoms with van der Waals surface area (Å²) in [6, 6.07) is 5.79. The lowest BCUT2D eigenvalue weighted by Gasteiger charge is -2.23. The van der Waals surface area contributed by atoms with Gasteiger partial charge in [0.05, 0.1) is 12.5 Å². The molecule has 3 rings (SSSR count). The predicted octanol–water partition coefficient (Wildman–Crippen LogP) is 3.16. The van der Waals surface area contributed by atoms with Crippen molar-refractivity contribution in [1.29, 1.82) is 0 Å². The predicted molar refractivity (Wildman–Crippen MR) is 66.5 cm³/mol. The highest BCUT2D eigenvalue weighted by molar-refractivity contribution is 6.11. The molecule has 1 fully saturated rings. The lowest BCUT2D eigenvalue weighted by molar-refractivity contribution is 0.0857. The quantitative estimate of drug-likeness (QED) is 0.821. The van der Waals surface area contributed by atoms with Gasteiger partial charge in [-0.2, -0.15) is 0 Å². The van der Waals surface area contributed by atoms with Gasteiger partial charge in [0, 0.05) is 23.2 Å². The van der Waals surface area contributed by atoms with E-state index in [4.69, 9.17) is 4.74 Å². The van der Waals surface area contributed by atoms with Gasteiger partial charge >= 0.3 is 0 Å². The second-order valence-electron chi connectivity index (χ2n) is 4.58. The first-order valence-electron chi connectivity index (χ1n) is 5.99. The minimum Gasteiger partial charge on any atom is -0.496 e. The zero-order chi connectivity index (χ0) is 11.8. The van der Waals surface area contributed by atoms with Crippen LogP contribution >= 0.6 is 0 Å². The van der Waals surface area contributed by atoms with E-state index in [1.165, 1.54) is 6.42 Å². The van der Waals surface area contributed by atoms with Crippen molar-refractivity contribution in [2.24, 2.45) is 5.92 Å². The second-order valence-corrected chi connectivity index (χ2v) is 4.58. The lowest BCUT2D eigenvalue weighted by Crippen LogP contribution is -2.21. The van der Waals surface area contributed by atoms with Crippen molar-refractivity contribution in [2.45, 2.75) is 19.3 Å². The smallest absolute Gasteiger partial charge is 0.168 e. The van der Waals surface area contributed by atoms with Crippen molar-refractivity contribution < 1.29 is 9.53 Å². The lowest BCUT2D eigenvalue weighted by atomic mass is 9.80. The molecule has 2 aromatic rings. The van der Waals surface area contributed by atoms with Crippen LogP contribution in [0, 0.1) is 5.92 Å². The molecule has 0 radical (unpaired) electrons. The number of nitrogens with one attached hydrogen (secondary N) is 1. The Morgan fingerprint density at radius 1 is 1.41 bits per heavy atom. The van der Waals surface area contributed by atoms with E-state index in [1.807, 2.05) is 24.4 Å². The van der Waals surface area contributed by atoms with Crippen molar-refractivity contribution >= 4 is 16.7 Å². The molecular formula is C14H15NO2. The average molecular weight is 229 g/mol. The summed E-state index contributed by atoms with van der Waals surface area (Å²) in [4.78, 5) is 15.4. The van der Waals surface area contributed by atoms with Gasteiger partial charge in [0.1, 0.15) is 5.75 Å². The summed E-state index contributed by atoms with van der Waals surface area (Å²) in [6.07, 6.45) is 5.05. The molecule has 0 spiro atoms. The number of carbonyl (C=O) groups is 1. The highest BCUT2D eigenvalue weighted by Gasteiger charge is 2.28. The Bertz CT molecular complexity index is 567. The molecular weight excluding hydrogens is 214 g/mol. The van der Waals surface area contributed by atoms with Crippen LogP contribution in [0.2, 0.25) is 0 Å². The molecule has 0 aliphatic heterocycles. The number of Topliss-reactive ketones (excluding diaryl/α,β-unsaturated/α-hetero) is 1. The van der Waals surface area contributed by atoms with E-state index in [9.17, 15) is 4.79 Å². The topological polar surface area (TPSA) is 42.1 Å². The Labute approximate surface area is 99.8 Å². The number of ketones is 1. The molecule has 0 bridgehead atoms. The second kappa shape index (κ2) is 3.91. The Morgan fingerprint density at radius 3 is 2.88 bits per heavy atom. The minimum absolute atomic E-state index is 0.221. The van der Waals surface area contributed by atoms with Crippen LogP contribution in [-0.4, -0.2) is 17.9 Å². The van der Waals surface area contributed by atoms with Crippen LogP contribution in [0.25, 0.3) is 10.9 Å². The van der Waals surface area contributed by atoms with Crippen LogP contribution in [0.4, 0.5) is 0 Å². The fraction of sp³-hybridized carbons (Fsp3) is 0.357. The Kier molecular flexibility index (Phi) is 2.39. The van der Waals surface area contributed by atoms with Crippen molar-refractivity contribution in [3.63, 3.8) is 0 Å². The SMILES string of the molecule is COc1cccc2[nH]cc(C(=O)C3CCC3)c12. The molecule has 1 aliphatic rings. The van der Waals surface area contributed by atoms with E-state index in [2.05, 4.69) is 4.98 Å². The van der Waals surface area contributed by atoms with Crippen LogP contribution in [0.5, 0.6) is 5.75 Å². The zero-order valence-corrected chi connectivity index (χ0v) is 9.82. The van der Waals surface area contributed by atoms with Crippen molar-refractivity contribution in [3.8, 4) is 5.75 Å². The van der Waals surface area contributed by atoms with E-state index < -0.39 is 0 Å². The number of aromatic amines is 1. The molecule has 1 heterocycles. The standard InChI is InChI=1S/C14H15NO2/c1-17-12-7-3-6-11-13(12)10(8-15-11)14(16)9-4-2-5-9/h3,6-9,15H,2,4-5H2,1H3. The van der Waals surface area contributed by atoms with Crippen LogP contribution in [0.15, 0.2) is 24.4 Å². The zero-order valence-electron chi connectivity index (χ0n) is 9.82. The third kappa shape index (κ3) is 1.54. The number of fused-ring (bicyclic) bond motifs is 1. The molecule has 1 aromatic heterocycles. The summed E-state index contributed by atoms with van der Waals surface area (Å²) in [5.41, 5.74) is 1.74. The monoisotopic (exact) mass is 229 g/mol. The molecule has 88 valence electrons. The number of aromatic nitrogens is 1. The summed E-state index contributed by atoms with van der Waals surface area (Å²) in [5, 5.41) is 0.923. The first-order chi connectivity index (χ1) is 8.31. The first-order valence-corrected chi connectivity index (χ1v) is 5.99. The first kappa shape index (κ1) is 10.4. The van der Waals surface area contributed by atoms with Crippen LogP contribution in [0.3, 0.4) is 0 Å². The number of carbonyl (C=O) groups excluding carboxylic acids is 1. The van der Waals surface area contributed by atoms with E-state index in [0.717, 1.165) is 35.1 Å². The van der Waals surface area contributed by atoms with Gasteiger partial charge in [-0.15, -0.1) is 0 Å². The third-order valence-corrected chi connectivity index (χ3v) is 3.63. The fourth-order valence-electron chi connectivity index (χ4n) is 2.41. The number of rotatable bonds is 3. The highest BCUT2D eigenvalue weighted by Crippen LogP contribution is 2.35. The van der Waals surface area contributed by atoms with E-state index in [0.29, 0.717) is 0 Å². The average Bonchev–Trinajstić information content (AvgIpc) is 2.69. The number of hydrogen-bond acceptors (Lipinski definition) is 2. The van der Waals surface area contributed by atoms with Crippen molar-refractivity contribution in [2.75, 3.05) is 7.11 Å². The van der Waals surface area contributed by atoms with Crippen LogP contribution < -0.4 is 4.74 Å². The van der Waals surface area contributed by atoms with Gasteiger partial charge in [-0.1, -0.05) is 12.5 Å². The Hall–Kier alpha value is -1.77. The number of ether oxygens (including phenoxy) is 1. The summed E-state index contributed by atoms with van der Waals surface area (Å²) < 4.78 is 5.34. The van der Waals surface area contributed by atoms with Gasteiger partial charge in [-0.25, -0.2) is 0 Å². The maximum Gasteiger partial charge on any atom is 0.168 e. The number of benzene rings is 1. The van der Waals surface area contributed by atoms with Gasteiger partial charge in [0.2, 0.25) is 0 Å². The molecule has 17 heavy (non-hydrogen) atoms. The molecule has 0 amide bonds. The maximum atomic E-state index is 12.3. The minimum atomic E-state index is 0.221. The Balaban J connectivity index is 2.12. The fourth-order valence-corrected chi connectivity index (χ4v) is 2.41. The van der Waals surface area contributed by atoms with Crippen molar-refractivity contribution in [3.05, 3.63) is 30.0 Å². The van der Waals surface area contributed by atoms with Gasteiger partial charge in [-0.05, 0) is 25.0 Å². The molecule has 0 saturated heterocycles. The molecule has 1 N–H and O–H groups in total. The van der Waals surface area contributed by atoms with Gasteiger partial charge in [0.15, 0.2) is 5.78 Å². The summed E-state index contributed by atoms with van der Waals surface area (Å²) in [7, 11) is 1.64. The summed E-state index contributed by atoms with van der Waals surface area (Å²) in [6.45, 7) is 0. The van der Waals surface area contributed by atoms with E-state index in [-0.39, 0.29) is 11.7 Å². The van der Waals surface area contributed by atoms with Gasteiger partial charge < -0.3 is 9.72 Å². The summed E-state index contributed by atoms with van der Waals surface area (Å²) >= 11 is 0. The third-order valence-electron chi connectivity index (χ3n) is 3.63. The number of hydrogen-bond donors (Lipinski definition) is 1. The number of methoxy groups -OCH3 is 1. The molecule has 0 atom stereocenters. The molecule has 3 nitrogen and oxygen atoms in total. The van der Waals surface area contributed by atoms with E-state index >= 15 is 0 Å². The van der Waals surface area contributed by atoms with Gasteiger partial charge in [-0.3, -0.25) is 4.79 Å². The molecule has 1 aliphatic carbocycles. The van der Waals surface area contributed by atoms with E-state index in [1.54, 1.807) is 7.11 Å². The molecule has 1 aromatic carbocycles. The summed E-state index contributed by atoms with van der Waals surface area (Å²) in [5.74, 6) is 1.25. The van der Waals surface area contributed by atoms with Crippen LogP contribution in [0.1, 0.15) is 29.6 Å². The Morgan fingerprint density at radius 2 is 2.24 bits per heavy atom. The molecule has 3 heteroatoms. The number of H-pyrrole nitrogens is 1. The largest absolute Gasteiger partial charge is 0.496 e. The van der Waals surface area contributed by atoms with Crippen molar-refractivity contribution in [1.82, 2.24) is 4.98 Å². The highest BCUT2D eigenvalue weighted by atomic mass is 16.5.